The fourth-order valence-electron chi connectivity index (χ4n) is 2.96. The van der Waals surface area contributed by atoms with E-state index in [0.29, 0.717) is 37.2 Å². The molecule has 0 saturated carbocycles. The third-order valence-corrected chi connectivity index (χ3v) is 4.27. The lowest BCUT2D eigenvalue weighted by Crippen LogP contribution is -2.37. The summed E-state index contributed by atoms with van der Waals surface area (Å²) in [6.07, 6.45) is 4.36. The van der Waals surface area contributed by atoms with E-state index in [1.165, 1.54) is 5.56 Å². The van der Waals surface area contributed by atoms with E-state index >= 15 is 0 Å². The van der Waals surface area contributed by atoms with Crippen molar-refractivity contribution in [2.24, 2.45) is 0 Å². The van der Waals surface area contributed by atoms with Gasteiger partial charge in [0.2, 0.25) is 11.8 Å². The molecule has 7 heteroatoms. The van der Waals surface area contributed by atoms with Gasteiger partial charge in [0.15, 0.2) is 5.76 Å². The second-order valence-electron chi connectivity index (χ2n) is 6.63. The maximum absolute atomic E-state index is 12.3. The molecule has 0 aliphatic carbocycles. The second-order valence-corrected chi connectivity index (χ2v) is 6.63. The Balaban J connectivity index is 1.44. The highest BCUT2D eigenvalue weighted by Gasteiger charge is 2.16. The van der Waals surface area contributed by atoms with Gasteiger partial charge < -0.3 is 14.2 Å². The molecule has 0 radical (unpaired) electrons. The number of benzene rings is 1. The summed E-state index contributed by atoms with van der Waals surface area (Å²) in [5.41, 5.74) is 1.29. The highest BCUT2D eigenvalue weighted by molar-refractivity contribution is 5.77. The number of nitrogens with one attached hydrogen (secondary N) is 1. The smallest absolute Gasteiger partial charge is 0.283 e. The molecule has 0 bridgehead atoms. The first-order valence-corrected chi connectivity index (χ1v) is 9.64. The Labute approximate surface area is 164 Å². The molecule has 3 rings (SSSR count). The van der Waals surface area contributed by atoms with Gasteiger partial charge in [-0.1, -0.05) is 37.3 Å². The van der Waals surface area contributed by atoms with Crippen molar-refractivity contribution in [3.8, 4) is 11.7 Å². The number of rotatable bonds is 11. The number of carbonyl (C=O) groups is 1. The lowest BCUT2D eigenvalue weighted by molar-refractivity contribution is -0.122. The predicted octanol–water partition coefficient (Wildman–Crippen LogP) is 3.29. The molecule has 7 nitrogen and oxygen atoms in total. The average Bonchev–Trinajstić information content (AvgIpc) is 3.38. The lowest BCUT2D eigenvalue weighted by atomic mass is 10.1. The topological polar surface area (TPSA) is 84.4 Å². The van der Waals surface area contributed by atoms with E-state index in [1.54, 1.807) is 18.4 Å². The molecule has 148 valence electrons. The summed E-state index contributed by atoms with van der Waals surface area (Å²) in [6.45, 7) is 4.25. The molecule has 0 aliphatic heterocycles. The molecule has 2 heterocycles. The highest BCUT2D eigenvalue weighted by Crippen LogP contribution is 2.18. The minimum absolute atomic E-state index is 0.00675. The standard InChI is InChI=1S/C21H26N4O3/c1-2-13-25(16-20-23-24-21(28-20)18-11-7-14-27-18)15-19(26)22-12-6-10-17-8-4-3-5-9-17/h3-5,7-9,11,14H,2,6,10,12-13,15-16H2,1H3,(H,22,26). The first kappa shape index (κ1) is 19.8. The average molecular weight is 382 g/mol. The quantitative estimate of drug-likeness (QED) is 0.512. The molecule has 0 saturated heterocycles. The van der Waals surface area contributed by atoms with Crippen molar-refractivity contribution >= 4 is 5.91 Å². The molecule has 0 unspecified atom stereocenters. The minimum atomic E-state index is 0.00675. The highest BCUT2D eigenvalue weighted by atomic mass is 16.4. The number of aryl methyl sites for hydroxylation is 1. The van der Waals surface area contributed by atoms with Gasteiger partial charge in [-0.05, 0) is 43.5 Å². The summed E-state index contributed by atoms with van der Waals surface area (Å²) >= 11 is 0. The molecule has 28 heavy (non-hydrogen) atoms. The molecule has 2 aromatic heterocycles. The van der Waals surface area contributed by atoms with Crippen LogP contribution in [-0.4, -0.2) is 40.6 Å². The van der Waals surface area contributed by atoms with E-state index in [-0.39, 0.29) is 5.91 Å². The Hall–Kier alpha value is -2.93. The third-order valence-electron chi connectivity index (χ3n) is 4.27. The normalized spacial score (nSPS) is 11.1. The van der Waals surface area contributed by atoms with E-state index < -0.39 is 0 Å². The molecule has 0 fully saturated rings. The second kappa shape index (κ2) is 10.4. The van der Waals surface area contributed by atoms with Gasteiger partial charge in [0.25, 0.3) is 5.89 Å². The van der Waals surface area contributed by atoms with Crippen LogP contribution in [0.5, 0.6) is 0 Å². The Morgan fingerprint density at radius 3 is 2.75 bits per heavy atom. The molecule has 0 spiro atoms. The van der Waals surface area contributed by atoms with Crippen molar-refractivity contribution in [1.82, 2.24) is 20.4 Å². The number of hydrogen-bond acceptors (Lipinski definition) is 6. The Morgan fingerprint density at radius 2 is 2.00 bits per heavy atom. The Kier molecular flexibility index (Phi) is 7.37. The van der Waals surface area contributed by atoms with Crippen molar-refractivity contribution in [3.05, 3.63) is 60.2 Å². The summed E-state index contributed by atoms with van der Waals surface area (Å²) in [7, 11) is 0. The molecule has 1 amide bonds. The lowest BCUT2D eigenvalue weighted by Gasteiger charge is -2.19. The summed E-state index contributed by atoms with van der Waals surface area (Å²) in [4.78, 5) is 14.3. The maximum atomic E-state index is 12.3. The number of hydrogen-bond donors (Lipinski definition) is 1. The van der Waals surface area contributed by atoms with Crippen LogP contribution in [0.2, 0.25) is 0 Å². The van der Waals surface area contributed by atoms with Gasteiger partial charge in [-0.25, -0.2) is 0 Å². The van der Waals surface area contributed by atoms with Crippen molar-refractivity contribution < 1.29 is 13.6 Å². The largest absolute Gasteiger partial charge is 0.459 e. The number of carbonyl (C=O) groups excluding carboxylic acids is 1. The summed E-state index contributed by atoms with van der Waals surface area (Å²) in [5, 5.41) is 11.1. The zero-order valence-corrected chi connectivity index (χ0v) is 16.1. The van der Waals surface area contributed by atoms with Crippen LogP contribution in [0.4, 0.5) is 0 Å². The number of aromatic nitrogens is 2. The van der Waals surface area contributed by atoms with E-state index in [9.17, 15) is 4.79 Å². The minimum Gasteiger partial charge on any atom is -0.459 e. The van der Waals surface area contributed by atoms with Crippen molar-refractivity contribution in [1.29, 1.82) is 0 Å². The van der Waals surface area contributed by atoms with Gasteiger partial charge in [-0.15, -0.1) is 10.2 Å². The van der Waals surface area contributed by atoms with E-state index in [0.717, 1.165) is 25.8 Å². The van der Waals surface area contributed by atoms with Crippen LogP contribution in [-0.2, 0) is 17.8 Å². The van der Waals surface area contributed by atoms with Gasteiger partial charge in [-0.2, -0.15) is 0 Å². The fourth-order valence-corrected chi connectivity index (χ4v) is 2.96. The van der Waals surface area contributed by atoms with Crippen LogP contribution in [0.1, 0.15) is 31.2 Å². The summed E-state index contributed by atoms with van der Waals surface area (Å²) < 4.78 is 10.9. The van der Waals surface area contributed by atoms with Gasteiger partial charge in [0, 0.05) is 6.54 Å². The predicted molar refractivity (Wildman–Crippen MR) is 105 cm³/mol. The van der Waals surface area contributed by atoms with Crippen LogP contribution in [0.15, 0.2) is 57.6 Å². The van der Waals surface area contributed by atoms with E-state index in [1.807, 2.05) is 23.1 Å². The van der Waals surface area contributed by atoms with Gasteiger partial charge in [0.05, 0.1) is 19.4 Å². The van der Waals surface area contributed by atoms with Crippen molar-refractivity contribution in [2.45, 2.75) is 32.7 Å². The molecular formula is C21H26N4O3. The molecule has 1 aromatic carbocycles. The fraction of sp³-hybridized carbons (Fsp3) is 0.381. The van der Waals surface area contributed by atoms with Gasteiger partial charge in [-0.3, -0.25) is 9.69 Å². The zero-order chi connectivity index (χ0) is 19.6. The molecule has 0 aliphatic rings. The third kappa shape index (κ3) is 6.06. The Morgan fingerprint density at radius 1 is 1.14 bits per heavy atom. The molecule has 1 N–H and O–H groups in total. The van der Waals surface area contributed by atoms with Crippen LogP contribution in [0.25, 0.3) is 11.7 Å². The SMILES string of the molecule is CCCN(CC(=O)NCCCc1ccccc1)Cc1nnc(-c2ccco2)o1. The van der Waals surface area contributed by atoms with Gasteiger partial charge >= 0.3 is 0 Å². The molecular weight excluding hydrogens is 356 g/mol. The number of nitrogens with zero attached hydrogens (tertiary/aromatic N) is 3. The Bertz CT molecular complexity index is 830. The van der Waals surface area contributed by atoms with E-state index in [4.69, 9.17) is 8.83 Å². The monoisotopic (exact) mass is 382 g/mol. The summed E-state index contributed by atoms with van der Waals surface area (Å²) in [6, 6.07) is 13.8. The molecule has 3 aromatic rings. The van der Waals surface area contributed by atoms with Crippen LogP contribution in [0, 0.1) is 0 Å². The molecule has 0 atom stereocenters. The van der Waals surface area contributed by atoms with Crippen molar-refractivity contribution in [2.75, 3.05) is 19.6 Å². The van der Waals surface area contributed by atoms with Gasteiger partial charge in [0.1, 0.15) is 0 Å². The number of furan rings is 1. The van der Waals surface area contributed by atoms with Crippen LogP contribution in [0.3, 0.4) is 0 Å². The summed E-state index contributed by atoms with van der Waals surface area (Å²) in [5.74, 6) is 1.36. The maximum Gasteiger partial charge on any atom is 0.283 e. The van der Waals surface area contributed by atoms with Crippen molar-refractivity contribution in [3.63, 3.8) is 0 Å². The number of amides is 1. The van der Waals surface area contributed by atoms with E-state index in [2.05, 4.69) is 34.6 Å². The first-order valence-electron chi connectivity index (χ1n) is 9.64. The zero-order valence-electron chi connectivity index (χ0n) is 16.1. The van der Waals surface area contributed by atoms with Crippen LogP contribution >= 0.6 is 0 Å². The first-order chi connectivity index (χ1) is 13.7. The van der Waals surface area contributed by atoms with Crippen LogP contribution < -0.4 is 5.32 Å².